The number of fused-ring (bicyclic) bond motifs is 1. The summed E-state index contributed by atoms with van der Waals surface area (Å²) in [7, 11) is 1.77. The molecule has 0 saturated carbocycles. The predicted molar refractivity (Wildman–Crippen MR) is 84.0 cm³/mol. The van der Waals surface area contributed by atoms with Crippen molar-refractivity contribution >= 4 is 17.1 Å². The van der Waals surface area contributed by atoms with Crippen molar-refractivity contribution in [1.82, 2.24) is 29.8 Å². The average molecular weight is 312 g/mol. The van der Waals surface area contributed by atoms with Gasteiger partial charge in [-0.25, -0.2) is 15.0 Å². The minimum atomic E-state index is -0.369. The maximum atomic E-state index is 12.6. The Morgan fingerprint density at radius 1 is 1.39 bits per heavy atom. The zero-order chi connectivity index (χ0) is 16.6. The Labute approximate surface area is 131 Å². The molecule has 0 aliphatic heterocycles. The van der Waals surface area contributed by atoms with E-state index in [0.29, 0.717) is 22.7 Å². The molecule has 3 aromatic heterocycles. The second-order valence-electron chi connectivity index (χ2n) is 5.32. The normalized spacial score (nSPS) is 12.3. The van der Waals surface area contributed by atoms with Crippen LogP contribution in [0.2, 0.25) is 0 Å². The fraction of sp³-hybridized carbons (Fsp3) is 0.267. The number of nitrogens with zero attached hydrogens (tertiary/aromatic N) is 4. The molecule has 0 aliphatic rings. The highest BCUT2D eigenvalue weighted by molar-refractivity contribution is 6.04. The Balaban J connectivity index is 1.95. The highest BCUT2D eigenvalue weighted by atomic mass is 16.2. The Morgan fingerprint density at radius 3 is 2.91 bits per heavy atom. The van der Waals surface area contributed by atoms with Gasteiger partial charge in [0, 0.05) is 19.3 Å². The number of amides is 1. The van der Waals surface area contributed by atoms with Crippen molar-refractivity contribution in [2.45, 2.75) is 19.9 Å². The van der Waals surface area contributed by atoms with Crippen LogP contribution in [-0.2, 0) is 7.05 Å². The molecule has 2 N–H and O–H groups in total. The molecule has 3 heterocycles. The number of rotatable bonds is 3. The third kappa shape index (κ3) is 2.83. The number of carbonyl (C=O) groups excluding carboxylic acids is 1. The second-order valence-corrected chi connectivity index (χ2v) is 5.32. The monoisotopic (exact) mass is 312 g/mol. The van der Waals surface area contributed by atoms with Crippen LogP contribution in [0.1, 0.15) is 34.8 Å². The second kappa shape index (κ2) is 5.64. The number of carbonyl (C=O) groups is 1. The number of aromatic nitrogens is 5. The lowest BCUT2D eigenvalue weighted by Crippen LogP contribution is -2.29. The van der Waals surface area contributed by atoms with E-state index in [9.17, 15) is 9.59 Å². The number of hydrogen-bond donors (Lipinski definition) is 2. The number of aryl methyl sites for hydroxylation is 2. The molecule has 3 aromatic rings. The SMILES string of the molecule is Cc1nccc(C(C)NC(=O)c2cc(=O)[nH]c3ncn(C)c23)n1. The zero-order valence-corrected chi connectivity index (χ0v) is 13.0. The molecule has 0 saturated heterocycles. The summed E-state index contributed by atoms with van der Waals surface area (Å²) in [4.78, 5) is 39.3. The van der Waals surface area contributed by atoms with E-state index in [2.05, 4.69) is 25.3 Å². The van der Waals surface area contributed by atoms with Crippen LogP contribution in [0.5, 0.6) is 0 Å². The Morgan fingerprint density at radius 2 is 2.17 bits per heavy atom. The van der Waals surface area contributed by atoms with Crippen LogP contribution in [-0.4, -0.2) is 30.4 Å². The van der Waals surface area contributed by atoms with Crippen molar-refractivity contribution in [2.24, 2.45) is 7.05 Å². The number of hydrogen-bond acceptors (Lipinski definition) is 5. The molecular weight excluding hydrogens is 296 g/mol. The molecule has 0 aliphatic carbocycles. The topological polar surface area (TPSA) is 106 Å². The molecule has 0 aromatic carbocycles. The van der Waals surface area contributed by atoms with Crippen LogP contribution in [0.25, 0.3) is 11.2 Å². The smallest absolute Gasteiger partial charge is 0.254 e. The third-order valence-corrected chi connectivity index (χ3v) is 3.54. The summed E-state index contributed by atoms with van der Waals surface area (Å²) in [6, 6.07) is 2.71. The first kappa shape index (κ1) is 14.9. The molecule has 118 valence electrons. The van der Waals surface area contributed by atoms with Crippen molar-refractivity contribution in [3.05, 3.63) is 52.1 Å². The predicted octanol–water partition coefficient (Wildman–Crippen LogP) is 0.851. The Bertz CT molecular complexity index is 943. The van der Waals surface area contributed by atoms with Gasteiger partial charge in [0.05, 0.1) is 29.1 Å². The molecule has 8 heteroatoms. The summed E-state index contributed by atoms with van der Waals surface area (Å²) < 4.78 is 1.69. The molecule has 1 amide bonds. The van der Waals surface area contributed by atoms with Crippen molar-refractivity contribution in [3.8, 4) is 0 Å². The summed E-state index contributed by atoms with van der Waals surface area (Å²) in [6.07, 6.45) is 3.20. The van der Waals surface area contributed by atoms with Gasteiger partial charge in [-0.05, 0) is 19.9 Å². The molecule has 1 unspecified atom stereocenters. The van der Waals surface area contributed by atoms with Gasteiger partial charge in [0.2, 0.25) is 5.56 Å². The first-order chi connectivity index (χ1) is 11.0. The highest BCUT2D eigenvalue weighted by Gasteiger charge is 2.18. The van der Waals surface area contributed by atoms with Crippen molar-refractivity contribution in [2.75, 3.05) is 0 Å². The lowest BCUT2D eigenvalue weighted by molar-refractivity contribution is 0.0940. The lowest BCUT2D eigenvalue weighted by Gasteiger charge is -2.14. The van der Waals surface area contributed by atoms with Crippen LogP contribution in [0.3, 0.4) is 0 Å². The molecule has 0 fully saturated rings. The molecular formula is C15H16N6O2. The summed E-state index contributed by atoms with van der Waals surface area (Å²) in [5, 5.41) is 2.85. The van der Waals surface area contributed by atoms with Gasteiger partial charge in [-0.3, -0.25) is 9.59 Å². The number of H-pyrrole nitrogens is 1. The van der Waals surface area contributed by atoms with Gasteiger partial charge in [0.25, 0.3) is 5.91 Å². The first-order valence-corrected chi connectivity index (χ1v) is 7.10. The van der Waals surface area contributed by atoms with Gasteiger partial charge in [-0.15, -0.1) is 0 Å². The van der Waals surface area contributed by atoms with E-state index >= 15 is 0 Å². The number of imidazole rings is 1. The lowest BCUT2D eigenvalue weighted by atomic mass is 10.1. The van der Waals surface area contributed by atoms with E-state index in [1.807, 2.05) is 6.92 Å². The van der Waals surface area contributed by atoms with Crippen molar-refractivity contribution in [1.29, 1.82) is 0 Å². The van der Waals surface area contributed by atoms with Crippen LogP contribution in [0.15, 0.2) is 29.5 Å². The van der Waals surface area contributed by atoms with E-state index in [1.54, 1.807) is 37.1 Å². The fourth-order valence-corrected chi connectivity index (χ4v) is 2.43. The molecule has 1 atom stereocenters. The highest BCUT2D eigenvalue weighted by Crippen LogP contribution is 2.15. The number of nitrogens with one attached hydrogen (secondary N) is 2. The average Bonchev–Trinajstić information content (AvgIpc) is 2.87. The van der Waals surface area contributed by atoms with Crippen molar-refractivity contribution in [3.63, 3.8) is 0 Å². The maximum Gasteiger partial charge on any atom is 0.254 e. The van der Waals surface area contributed by atoms with E-state index in [1.165, 1.54) is 6.07 Å². The van der Waals surface area contributed by atoms with Gasteiger partial charge in [-0.1, -0.05) is 0 Å². The van der Waals surface area contributed by atoms with E-state index in [0.717, 1.165) is 0 Å². The summed E-state index contributed by atoms with van der Waals surface area (Å²) in [6.45, 7) is 3.61. The van der Waals surface area contributed by atoms with E-state index < -0.39 is 0 Å². The molecule has 0 bridgehead atoms. The van der Waals surface area contributed by atoms with E-state index in [-0.39, 0.29) is 23.1 Å². The minimum absolute atomic E-state index is 0.279. The van der Waals surface area contributed by atoms with Gasteiger partial charge >= 0.3 is 0 Å². The van der Waals surface area contributed by atoms with Crippen LogP contribution in [0.4, 0.5) is 0 Å². The van der Waals surface area contributed by atoms with Gasteiger partial charge in [0.1, 0.15) is 5.82 Å². The maximum absolute atomic E-state index is 12.6. The largest absolute Gasteiger partial charge is 0.344 e. The zero-order valence-electron chi connectivity index (χ0n) is 13.0. The first-order valence-electron chi connectivity index (χ1n) is 7.10. The van der Waals surface area contributed by atoms with Crippen LogP contribution in [0, 0.1) is 6.92 Å². The van der Waals surface area contributed by atoms with Crippen LogP contribution < -0.4 is 10.9 Å². The quantitative estimate of drug-likeness (QED) is 0.746. The van der Waals surface area contributed by atoms with E-state index in [4.69, 9.17) is 0 Å². The number of aromatic amines is 1. The Kier molecular flexibility index (Phi) is 3.65. The fourth-order valence-electron chi connectivity index (χ4n) is 2.43. The molecule has 3 rings (SSSR count). The van der Waals surface area contributed by atoms with Gasteiger partial charge in [0.15, 0.2) is 5.65 Å². The molecule has 23 heavy (non-hydrogen) atoms. The molecule has 8 nitrogen and oxygen atoms in total. The summed E-state index contributed by atoms with van der Waals surface area (Å²) in [5.74, 6) is 0.280. The molecule has 0 spiro atoms. The molecule has 0 radical (unpaired) electrons. The summed E-state index contributed by atoms with van der Waals surface area (Å²) >= 11 is 0. The standard InChI is InChI=1S/C15H16N6O2/c1-8(11-4-5-16-9(2)19-11)18-15(23)10-6-12(22)20-14-13(10)21(3)7-17-14/h4-8H,1-3H3,(H,18,23)(H,20,22). The summed E-state index contributed by atoms with van der Waals surface area (Å²) in [5.41, 5.74) is 1.58. The minimum Gasteiger partial charge on any atom is -0.344 e. The third-order valence-electron chi connectivity index (χ3n) is 3.54. The van der Waals surface area contributed by atoms with Crippen LogP contribution >= 0.6 is 0 Å². The number of pyridine rings is 1. The Hall–Kier alpha value is -3.03. The van der Waals surface area contributed by atoms with Gasteiger partial charge in [-0.2, -0.15) is 0 Å². The van der Waals surface area contributed by atoms with Gasteiger partial charge < -0.3 is 14.9 Å². The van der Waals surface area contributed by atoms with Crippen molar-refractivity contribution < 1.29 is 4.79 Å².